The standard InChI is InChI=1S/C23H31ClO4/c1-3-4-5-6-7-10-15-27-22(25)19-11-8-9-12-20(19)23(26)28-18-13-14-21(24)17(2)16-18/h8-9,13-14,16,19-20H,3-7,10-12,15H2,1-2H3. The van der Waals surface area contributed by atoms with Gasteiger partial charge in [0.05, 0.1) is 18.4 Å². The second-order valence-corrected chi connectivity index (χ2v) is 7.83. The highest BCUT2D eigenvalue weighted by molar-refractivity contribution is 6.31. The van der Waals surface area contributed by atoms with Crippen LogP contribution in [0.5, 0.6) is 5.75 Å². The van der Waals surface area contributed by atoms with Gasteiger partial charge in [-0.3, -0.25) is 9.59 Å². The lowest BCUT2D eigenvalue weighted by Crippen LogP contribution is -2.35. The van der Waals surface area contributed by atoms with Crippen molar-refractivity contribution in [2.45, 2.75) is 65.2 Å². The van der Waals surface area contributed by atoms with E-state index >= 15 is 0 Å². The molecule has 0 aromatic heterocycles. The molecule has 1 aliphatic rings. The van der Waals surface area contributed by atoms with Gasteiger partial charge < -0.3 is 9.47 Å². The van der Waals surface area contributed by atoms with Crippen LogP contribution in [0.15, 0.2) is 30.4 Å². The molecule has 1 aliphatic carbocycles. The third kappa shape index (κ3) is 6.97. The molecule has 28 heavy (non-hydrogen) atoms. The van der Waals surface area contributed by atoms with Crippen LogP contribution >= 0.6 is 11.6 Å². The van der Waals surface area contributed by atoms with Crippen molar-refractivity contribution < 1.29 is 19.1 Å². The number of unbranched alkanes of at least 4 members (excludes halogenated alkanes) is 5. The van der Waals surface area contributed by atoms with Crippen molar-refractivity contribution in [2.24, 2.45) is 11.8 Å². The summed E-state index contributed by atoms with van der Waals surface area (Å²) < 4.78 is 11.0. The van der Waals surface area contributed by atoms with Crippen molar-refractivity contribution in [1.82, 2.24) is 0 Å². The summed E-state index contributed by atoms with van der Waals surface area (Å²) in [4.78, 5) is 25.2. The van der Waals surface area contributed by atoms with Gasteiger partial charge in [-0.2, -0.15) is 0 Å². The summed E-state index contributed by atoms with van der Waals surface area (Å²) in [5.74, 6) is -1.25. The molecule has 0 N–H and O–H groups in total. The summed E-state index contributed by atoms with van der Waals surface area (Å²) in [7, 11) is 0. The first-order valence-corrected chi connectivity index (χ1v) is 10.7. The number of benzene rings is 1. The topological polar surface area (TPSA) is 52.6 Å². The molecule has 0 amide bonds. The molecule has 0 fully saturated rings. The second kappa shape index (κ2) is 11.9. The Morgan fingerprint density at radius 1 is 1.00 bits per heavy atom. The highest BCUT2D eigenvalue weighted by Gasteiger charge is 2.36. The maximum atomic E-state index is 12.7. The molecule has 5 heteroatoms. The number of ether oxygens (including phenoxy) is 2. The summed E-state index contributed by atoms with van der Waals surface area (Å²) in [6, 6.07) is 5.09. The van der Waals surface area contributed by atoms with Crippen LogP contribution in [0, 0.1) is 18.8 Å². The van der Waals surface area contributed by atoms with Crippen molar-refractivity contribution in [3.05, 3.63) is 40.9 Å². The minimum Gasteiger partial charge on any atom is -0.465 e. The smallest absolute Gasteiger partial charge is 0.315 e. The lowest BCUT2D eigenvalue weighted by atomic mass is 9.83. The number of allylic oxidation sites excluding steroid dienone is 2. The van der Waals surface area contributed by atoms with Crippen molar-refractivity contribution >= 4 is 23.5 Å². The first-order valence-electron chi connectivity index (χ1n) is 10.3. The highest BCUT2D eigenvalue weighted by Crippen LogP contribution is 2.29. The van der Waals surface area contributed by atoms with Crippen molar-refractivity contribution in [3.8, 4) is 5.75 Å². The summed E-state index contributed by atoms with van der Waals surface area (Å²) in [6.07, 6.45) is 11.7. The maximum absolute atomic E-state index is 12.7. The van der Waals surface area contributed by atoms with E-state index in [0.717, 1.165) is 18.4 Å². The van der Waals surface area contributed by atoms with Gasteiger partial charge in [-0.05, 0) is 49.9 Å². The molecule has 0 aliphatic heterocycles. The fraction of sp³-hybridized carbons (Fsp3) is 0.565. The lowest BCUT2D eigenvalue weighted by molar-refractivity contribution is -0.156. The normalized spacial score (nSPS) is 18.7. The first-order chi connectivity index (χ1) is 13.5. The molecule has 0 bridgehead atoms. The summed E-state index contributed by atoms with van der Waals surface area (Å²) in [6.45, 7) is 4.46. The number of esters is 2. The average Bonchev–Trinajstić information content (AvgIpc) is 2.70. The Bertz CT molecular complexity index is 683. The van der Waals surface area contributed by atoms with E-state index in [1.807, 2.05) is 19.1 Å². The summed E-state index contributed by atoms with van der Waals surface area (Å²) in [5.41, 5.74) is 0.838. The number of carbonyl (C=O) groups excluding carboxylic acids is 2. The largest absolute Gasteiger partial charge is 0.465 e. The van der Waals surface area contributed by atoms with E-state index < -0.39 is 17.8 Å². The molecule has 2 unspecified atom stereocenters. The zero-order valence-corrected chi connectivity index (χ0v) is 17.7. The number of hydrogen-bond donors (Lipinski definition) is 0. The Kier molecular flexibility index (Phi) is 9.56. The van der Waals surface area contributed by atoms with Crippen molar-refractivity contribution in [1.29, 1.82) is 0 Å². The zero-order chi connectivity index (χ0) is 20.4. The number of rotatable bonds is 10. The van der Waals surface area contributed by atoms with Crippen LogP contribution in [0.25, 0.3) is 0 Å². The van der Waals surface area contributed by atoms with Gasteiger partial charge in [-0.15, -0.1) is 0 Å². The van der Waals surface area contributed by atoms with Gasteiger partial charge in [0.15, 0.2) is 0 Å². The van der Waals surface area contributed by atoms with Crippen LogP contribution in [-0.4, -0.2) is 18.5 Å². The quantitative estimate of drug-likeness (QED) is 0.206. The molecular formula is C23H31ClO4. The molecule has 0 saturated carbocycles. The van der Waals surface area contributed by atoms with Gasteiger partial charge in [-0.25, -0.2) is 0 Å². The van der Waals surface area contributed by atoms with Gasteiger partial charge in [0.2, 0.25) is 0 Å². The molecule has 0 saturated heterocycles. The molecule has 1 aromatic rings. The number of halogens is 1. The van der Waals surface area contributed by atoms with Crippen LogP contribution in [0.2, 0.25) is 5.02 Å². The Hall–Kier alpha value is -1.81. The van der Waals surface area contributed by atoms with E-state index in [0.29, 0.717) is 30.2 Å². The van der Waals surface area contributed by atoms with Crippen LogP contribution < -0.4 is 4.74 Å². The third-order valence-electron chi connectivity index (χ3n) is 5.13. The zero-order valence-electron chi connectivity index (χ0n) is 16.9. The molecule has 0 heterocycles. The Balaban J connectivity index is 1.84. The number of carbonyl (C=O) groups is 2. The van der Waals surface area contributed by atoms with Gasteiger partial charge in [0.1, 0.15) is 5.75 Å². The molecule has 2 rings (SSSR count). The second-order valence-electron chi connectivity index (χ2n) is 7.42. The fourth-order valence-corrected chi connectivity index (χ4v) is 3.49. The summed E-state index contributed by atoms with van der Waals surface area (Å²) in [5, 5.41) is 0.622. The molecule has 0 radical (unpaired) electrons. The molecule has 2 atom stereocenters. The fourth-order valence-electron chi connectivity index (χ4n) is 3.37. The monoisotopic (exact) mass is 406 g/mol. The van der Waals surface area contributed by atoms with E-state index in [4.69, 9.17) is 21.1 Å². The molecule has 154 valence electrons. The van der Waals surface area contributed by atoms with E-state index in [1.54, 1.807) is 18.2 Å². The van der Waals surface area contributed by atoms with E-state index in [2.05, 4.69) is 6.92 Å². The van der Waals surface area contributed by atoms with Gasteiger partial charge >= 0.3 is 11.9 Å². The SMILES string of the molecule is CCCCCCCCOC(=O)C1CC=CCC1C(=O)Oc1ccc(Cl)c(C)c1. The Labute approximate surface area is 173 Å². The predicted molar refractivity (Wildman–Crippen MR) is 112 cm³/mol. The van der Waals surface area contributed by atoms with Crippen LogP contribution in [0.1, 0.15) is 63.9 Å². The molecule has 4 nitrogen and oxygen atoms in total. The van der Waals surface area contributed by atoms with Crippen LogP contribution in [0.3, 0.4) is 0 Å². The third-order valence-corrected chi connectivity index (χ3v) is 5.55. The molecular weight excluding hydrogens is 376 g/mol. The van der Waals surface area contributed by atoms with Gasteiger partial charge in [-0.1, -0.05) is 62.8 Å². The lowest BCUT2D eigenvalue weighted by Gasteiger charge is -2.25. The van der Waals surface area contributed by atoms with E-state index in [-0.39, 0.29) is 5.97 Å². The Morgan fingerprint density at radius 3 is 2.32 bits per heavy atom. The van der Waals surface area contributed by atoms with Crippen molar-refractivity contribution in [3.63, 3.8) is 0 Å². The molecule has 0 spiro atoms. The predicted octanol–water partition coefficient (Wildman–Crippen LogP) is 6.04. The van der Waals surface area contributed by atoms with Gasteiger partial charge in [0, 0.05) is 5.02 Å². The minimum atomic E-state index is -0.516. The molecule has 1 aromatic carbocycles. The first kappa shape index (κ1) is 22.5. The van der Waals surface area contributed by atoms with Crippen LogP contribution in [0.4, 0.5) is 0 Å². The van der Waals surface area contributed by atoms with Gasteiger partial charge in [0.25, 0.3) is 0 Å². The Morgan fingerprint density at radius 2 is 1.64 bits per heavy atom. The van der Waals surface area contributed by atoms with Crippen LogP contribution in [-0.2, 0) is 14.3 Å². The minimum absolute atomic E-state index is 0.299. The van der Waals surface area contributed by atoms with Crippen molar-refractivity contribution in [2.75, 3.05) is 6.61 Å². The maximum Gasteiger partial charge on any atom is 0.315 e. The van der Waals surface area contributed by atoms with E-state index in [9.17, 15) is 9.59 Å². The summed E-state index contributed by atoms with van der Waals surface area (Å²) >= 11 is 6.02. The van der Waals surface area contributed by atoms with E-state index in [1.165, 1.54) is 25.7 Å². The highest BCUT2D eigenvalue weighted by atomic mass is 35.5. The average molecular weight is 407 g/mol. The number of hydrogen-bond acceptors (Lipinski definition) is 4. The number of aryl methyl sites for hydroxylation is 1.